The Hall–Kier alpha value is -0.953. The van der Waals surface area contributed by atoms with E-state index in [4.69, 9.17) is 11.6 Å². The minimum absolute atomic E-state index is 0. The van der Waals surface area contributed by atoms with Gasteiger partial charge in [-0.15, -0.1) is 0 Å². The van der Waals surface area contributed by atoms with Gasteiger partial charge in [-0.2, -0.15) is 8.78 Å². The number of nitro groups is 1. The van der Waals surface area contributed by atoms with Crippen LogP contribution in [0.25, 0.3) is 0 Å². The Bertz CT molecular complexity index is 535. The van der Waals surface area contributed by atoms with Crippen molar-refractivity contribution in [2.45, 2.75) is 12.3 Å². The fourth-order valence-electron chi connectivity index (χ4n) is 1.65. The summed E-state index contributed by atoms with van der Waals surface area (Å²) in [6, 6.07) is 1.89. The number of quaternary nitrogens is 1. The van der Waals surface area contributed by atoms with E-state index in [1.165, 1.54) is 0 Å². The van der Waals surface area contributed by atoms with E-state index in [1.54, 1.807) is 5.32 Å². The van der Waals surface area contributed by atoms with Gasteiger partial charge in [-0.1, -0.05) is 11.6 Å². The molecule has 1 aromatic rings. The molecule has 0 saturated carbocycles. The number of benzene rings is 1. The molecule has 0 bridgehead atoms. The maximum atomic E-state index is 12.6. The zero-order chi connectivity index (χ0) is 13.7. The molecule has 0 aliphatic carbocycles. The number of anilines is 1. The molecule has 0 amide bonds. The van der Waals surface area contributed by atoms with Crippen molar-refractivity contribution in [2.24, 2.45) is 0 Å². The molecule has 0 radical (unpaired) electrons. The number of nitro benzene ring substituents is 1. The topological polar surface area (TPSA) is 103 Å². The molecule has 11 heteroatoms. The summed E-state index contributed by atoms with van der Waals surface area (Å²) >= 11 is 5.56. The summed E-state index contributed by atoms with van der Waals surface area (Å²) in [5, 5.41) is 32.1. The Morgan fingerprint density at radius 2 is 2.11 bits per heavy atom. The van der Waals surface area contributed by atoms with Crippen LogP contribution in [0.5, 0.6) is 0 Å². The van der Waals surface area contributed by atoms with Crippen LogP contribution < -0.4 is 10.4 Å². The first-order valence-electron chi connectivity index (χ1n) is 4.59. The van der Waals surface area contributed by atoms with Gasteiger partial charge in [0.25, 0.3) is 5.69 Å². The Morgan fingerprint density at radius 1 is 1.53 bits per heavy atom. The van der Waals surface area contributed by atoms with Gasteiger partial charge in [-0.3, -0.25) is 20.5 Å². The molecule has 0 fully saturated rings. The molecule has 100 valence electrons. The Labute approximate surface area is 122 Å². The normalized spacial score (nSPS) is 24.6. The molecule has 1 aliphatic rings. The number of rotatable bonds is 2. The van der Waals surface area contributed by atoms with Crippen LogP contribution in [-0.4, -0.2) is 41.2 Å². The summed E-state index contributed by atoms with van der Waals surface area (Å²) in [4.78, 5) is 9.84. The number of aliphatic hydroxyl groups is 1. The second-order valence-corrected chi connectivity index (χ2v) is 4.06. The predicted octanol–water partition coefficient (Wildman–Crippen LogP) is -0.0494. The zero-order valence-corrected chi connectivity index (χ0v) is 9.24. The van der Waals surface area contributed by atoms with Crippen molar-refractivity contribution in [1.29, 1.82) is 0 Å². The number of nitrogens with one attached hydrogen (secondary N) is 2. The number of nitrogens with zero attached hydrogens (tertiary/aromatic N) is 1. The van der Waals surface area contributed by atoms with E-state index in [-0.39, 0.29) is 23.9 Å². The standard InChI is InChI=1S/C8H6ClF2N3O4.Li.H/c9-3-1-4-6(5(2-3)14(17)18)12-8(15,7(10)11)13(4)16;;/h1-2,7,12-13,15H;;. The molecular formula is C8H7ClF2LiN3O4. The first kappa shape index (κ1) is 16.1. The number of fused-ring (bicyclic) bond motifs is 1. The van der Waals surface area contributed by atoms with Crippen molar-refractivity contribution in [1.82, 2.24) is 0 Å². The van der Waals surface area contributed by atoms with Crippen molar-refractivity contribution >= 4 is 47.5 Å². The third-order valence-electron chi connectivity index (χ3n) is 2.50. The van der Waals surface area contributed by atoms with Gasteiger partial charge in [0.05, 0.1) is 9.95 Å². The van der Waals surface area contributed by atoms with E-state index in [0.717, 1.165) is 12.1 Å². The molecule has 7 nitrogen and oxygen atoms in total. The number of halogens is 3. The van der Waals surface area contributed by atoms with Gasteiger partial charge in [0, 0.05) is 12.1 Å². The SMILES string of the molecule is O=[N+]([O-])c1cc(Cl)cc2c1NC(O)(C(F)F)[NH+]2[O-].[LiH]. The van der Waals surface area contributed by atoms with Crippen molar-refractivity contribution in [3.05, 3.63) is 32.5 Å². The Kier molecular flexibility index (Phi) is 4.41. The summed E-state index contributed by atoms with van der Waals surface area (Å²) in [5.74, 6) is -3.15. The van der Waals surface area contributed by atoms with Crippen LogP contribution in [0.15, 0.2) is 12.1 Å². The Balaban J connectivity index is 0.00000180. The summed E-state index contributed by atoms with van der Waals surface area (Å²) < 4.78 is 25.3. The molecule has 2 rings (SSSR count). The molecule has 0 aromatic heterocycles. The van der Waals surface area contributed by atoms with Crippen LogP contribution in [0, 0.1) is 15.3 Å². The van der Waals surface area contributed by atoms with Crippen molar-refractivity contribution in [3.8, 4) is 0 Å². The fraction of sp³-hybridized carbons (Fsp3) is 0.250. The summed E-state index contributed by atoms with van der Waals surface area (Å²) in [5.41, 5.74) is -1.54. The average molecular weight is 290 g/mol. The number of alkyl halides is 2. The number of hydroxylamine groups is 1. The summed E-state index contributed by atoms with van der Waals surface area (Å²) in [7, 11) is 0. The van der Waals surface area contributed by atoms with E-state index in [0.29, 0.717) is 0 Å². The maximum absolute atomic E-state index is 12.6. The van der Waals surface area contributed by atoms with Crippen LogP contribution in [0.4, 0.5) is 25.8 Å². The van der Waals surface area contributed by atoms with Gasteiger partial charge >= 0.3 is 31.1 Å². The average Bonchev–Trinajstić information content (AvgIpc) is 2.53. The van der Waals surface area contributed by atoms with Gasteiger partial charge in [-0.25, -0.2) is 0 Å². The zero-order valence-electron chi connectivity index (χ0n) is 8.49. The van der Waals surface area contributed by atoms with E-state index >= 15 is 0 Å². The first-order chi connectivity index (χ1) is 8.27. The van der Waals surface area contributed by atoms with E-state index < -0.39 is 39.3 Å². The monoisotopic (exact) mass is 289 g/mol. The molecule has 1 aromatic carbocycles. The van der Waals surface area contributed by atoms with E-state index in [2.05, 4.69) is 0 Å². The fourth-order valence-corrected chi connectivity index (χ4v) is 1.87. The molecule has 19 heavy (non-hydrogen) atoms. The molecule has 1 heterocycles. The van der Waals surface area contributed by atoms with Crippen LogP contribution >= 0.6 is 11.6 Å². The van der Waals surface area contributed by atoms with Gasteiger partial charge < -0.3 is 10.3 Å². The third-order valence-corrected chi connectivity index (χ3v) is 2.72. The van der Waals surface area contributed by atoms with Crippen LogP contribution in [0.1, 0.15) is 0 Å². The van der Waals surface area contributed by atoms with Gasteiger partial charge in [0.2, 0.25) is 0 Å². The molecule has 0 spiro atoms. The molecule has 2 unspecified atom stereocenters. The summed E-state index contributed by atoms with van der Waals surface area (Å²) in [6.45, 7) is 0. The quantitative estimate of drug-likeness (QED) is 0.307. The molecular weight excluding hydrogens is 282 g/mol. The van der Waals surface area contributed by atoms with Gasteiger partial charge in [0.15, 0.2) is 11.4 Å². The van der Waals surface area contributed by atoms with Crippen molar-refractivity contribution in [2.75, 3.05) is 5.32 Å². The van der Waals surface area contributed by atoms with E-state index in [9.17, 15) is 29.2 Å². The van der Waals surface area contributed by atoms with Gasteiger partial charge in [0.1, 0.15) is 0 Å². The third kappa shape index (κ3) is 2.41. The van der Waals surface area contributed by atoms with Crippen LogP contribution in [0.3, 0.4) is 0 Å². The molecule has 0 saturated heterocycles. The van der Waals surface area contributed by atoms with Crippen molar-refractivity contribution in [3.63, 3.8) is 0 Å². The predicted molar refractivity (Wildman–Crippen MR) is 63.8 cm³/mol. The number of hydrogen-bond donors (Lipinski definition) is 3. The second-order valence-electron chi connectivity index (χ2n) is 3.63. The Morgan fingerprint density at radius 3 is 2.58 bits per heavy atom. The van der Waals surface area contributed by atoms with Crippen LogP contribution in [0.2, 0.25) is 5.02 Å². The minimum atomic E-state index is -3.43. The molecule has 1 aliphatic heterocycles. The van der Waals surface area contributed by atoms with Crippen LogP contribution in [-0.2, 0) is 0 Å². The summed E-state index contributed by atoms with van der Waals surface area (Å²) in [6.07, 6.45) is -3.43. The van der Waals surface area contributed by atoms with Gasteiger partial charge in [-0.05, 0) is 0 Å². The molecule has 2 atom stereocenters. The number of hydrogen-bond acceptors (Lipinski definition) is 5. The van der Waals surface area contributed by atoms with E-state index in [1.807, 2.05) is 0 Å². The molecule has 3 N–H and O–H groups in total. The first-order valence-corrected chi connectivity index (χ1v) is 4.96. The second kappa shape index (κ2) is 5.20. The van der Waals surface area contributed by atoms with Crippen molar-refractivity contribution < 1.29 is 23.9 Å².